The van der Waals surface area contributed by atoms with Gasteiger partial charge in [-0.2, -0.15) is 0 Å². The van der Waals surface area contributed by atoms with Crippen LogP contribution in [-0.4, -0.2) is 0 Å². The van der Waals surface area contributed by atoms with Gasteiger partial charge in [-0.1, -0.05) is 36.3 Å². The van der Waals surface area contributed by atoms with Crippen LogP contribution in [0.5, 0.6) is 0 Å². The van der Waals surface area contributed by atoms with Gasteiger partial charge in [-0.3, -0.25) is 0 Å². The van der Waals surface area contributed by atoms with Crippen molar-refractivity contribution in [3.63, 3.8) is 0 Å². The van der Waals surface area contributed by atoms with E-state index in [-0.39, 0.29) is 36.3 Å². The lowest BCUT2D eigenvalue weighted by molar-refractivity contribution is 1.48. The lowest BCUT2D eigenvalue weighted by atomic mass is 10.0. The summed E-state index contributed by atoms with van der Waals surface area (Å²) in [5.74, 6) is 0. The Hall–Kier alpha value is -1.30. The second kappa shape index (κ2) is 2.63. The predicted molar refractivity (Wildman–Crippen MR) is 53.4 cm³/mol. The molecule has 0 aromatic heterocycles. The second-order valence-corrected chi connectivity index (χ2v) is 2.75. The SMILES string of the molecule is [2H]c1c([2H])c(C)c2c([2H])c([2H])c([2H])c(C)c2c1[2H]. The number of rotatable bonds is 0. The molecule has 0 amide bonds. The fourth-order valence-electron chi connectivity index (χ4n) is 1.19. The number of aryl methyl sites for hydroxylation is 2. The van der Waals surface area contributed by atoms with Crippen molar-refractivity contribution >= 4 is 10.8 Å². The zero-order valence-corrected chi connectivity index (χ0v) is 7.00. The minimum absolute atomic E-state index is 0.0856. The van der Waals surface area contributed by atoms with Crippen LogP contribution in [0.3, 0.4) is 0 Å². The number of hydrogen-bond acceptors (Lipinski definition) is 0. The van der Waals surface area contributed by atoms with Crippen LogP contribution < -0.4 is 0 Å². The van der Waals surface area contributed by atoms with E-state index in [1.807, 2.05) is 0 Å². The zero-order chi connectivity index (χ0) is 13.8. The average molecular weight is 162 g/mol. The maximum atomic E-state index is 7.90. The molecule has 0 radical (unpaired) electrons. The quantitative estimate of drug-likeness (QED) is 0.556. The van der Waals surface area contributed by atoms with E-state index >= 15 is 0 Å². The summed E-state index contributed by atoms with van der Waals surface area (Å²) in [5, 5.41) is 0.694. The Morgan fingerprint density at radius 1 is 0.833 bits per heavy atom. The minimum Gasteiger partial charge on any atom is -0.0614 e. The molecule has 0 saturated heterocycles. The molecule has 0 saturated carbocycles. The molecule has 2 rings (SSSR count). The van der Waals surface area contributed by atoms with Gasteiger partial charge in [0.25, 0.3) is 0 Å². The Balaban J connectivity index is 3.22. The van der Waals surface area contributed by atoms with E-state index in [0.717, 1.165) is 0 Å². The van der Waals surface area contributed by atoms with Gasteiger partial charge in [0.2, 0.25) is 0 Å². The first-order valence-corrected chi connectivity index (χ1v) is 3.75. The Morgan fingerprint density at radius 2 is 1.25 bits per heavy atom. The highest BCUT2D eigenvalue weighted by atomic mass is 14.0. The molecule has 0 atom stereocenters. The summed E-state index contributed by atoms with van der Waals surface area (Å²) in [6.07, 6.45) is 0. The summed E-state index contributed by atoms with van der Waals surface area (Å²) in [5.41, 5.74) is 0.847. The monoisotopic (exact) mass is 162 g/mol. The van der Waals surface area contributed by atoms with E-state index in [9.17, 15) is 0 Å². The highest BCUT2D eigenvalue weighted by Gasteiger charge is 1.96. The van der Waals surface area contributed by atoms with Crippen LogP contribution in [0.1, 0.15) is 19.4 Å². The van der Waals surface area contributed by atoms with Crippen LogP contribution in [0.4, 0.5) is 0 Å². The van der Waals surface area contributed by atoms with Gasteiger partial charge in [-0.25, -0.2) is 0 Å². The molecular formula is C12H12. The fraction of sp³-hybridized carbons (Fsp3) is 0.167. The van der Waals surface area contributed by atoms with Gasteiger partial charge in [0.1, 0.15) is 0 Å². The van der Waals surface area contributed by atoms with Crippen molar-refractivity contribution in [3.05, 3.63) is 47.4 Å². The van der Waals surface area contributed by atoms with Gasteiger partial charge >= 0.3 is 0 Å². The first-order valence-electron chi connectivity index (χ1n) is 6.75. The third kappa shape index (κ3) is 1.00. The third-order valence-electron chi connectivity index (χ3n) is 1.88. The van der Waals surface area contributed by atoms with Crippen molar-refractivity contribution in [1.29, 1.82) is 0 Å². The molecule has 0 spiro atoms. The van der Waals surface area contributed by atoms with Crippen molar-refractivity contribution in [2.75, 3.05) is 0 Å². The van der Waals surface area contributed by atoms with E-state index in [1.54, 1.807) is 13.8 Å². The molecule has 0 bridgehead atoms. The smallest absolute Gasteiger partial charge is 0.0614 e. The van der Waals surface area contributed by atoms with Crippen molar-refractivity contribution < 1.29 is 8.22 Å². The summed E-state index contributed by atoms with van der Waals surface area (Å²) in [7, 11) is 0. The zero-order valence-electron chi connectivity index (χ0n) is 13.0. The molecule has 0 N–H and O–H groups in total. The molecule has 2 aromatic rings. The number of fused-ring (bicyclic) bond motifs is 1. The molecule has 60 valence electrons. The minimum atomic E-state index is -0.195. The van der Waals surface area contributed by atoms with E-state index in [1.165, 1.54) is 0 Å². The number of benzene rings is 2. The summed E-state index contributed by atoms with van der Waals surface area (Å²) in [6.45, 7) is 3.23. The average Bonchev–Trinajstić information content (AvgIpc) is 2.35. The Bertz CT molecular complexity index is 562. The molecule has 12 heavy (non-hydrogen) atoms. The van der Waals surface area contributed by atoms with Crippen molar-refractivity contribution in [2.45, 2.75) is 13.8 Å². The molecule has 0 heteroatoms. The third-order valence-corrected chi connectivity index (χ3v) is 1.88. The maximum Gasteiger partial charge on any atom is 0.0629 e. The molecule has 2 aromatic carbocycles. The van der Waals surface area contributed by atoms with Crippen LogP contribution in [0.15, 0.2) is 36.3 Å². The van der Waals surface area contributed by atoms with E-state index in [2.05, 4.69) is 0 Å². The second-order valence-electron chi connectivity index (χ2n) is 2.75. The highest BCUT2D eigenvalue weighted by Crippen LogP contribution is 2.20. The molecule has 0 fully saturated rings. The molecular weight excluding hydrogens is 144 g/mol. The molecule has 0 unspecified atom stereocenters. The molecule has 0 aliphatic rings. The summed E-state index contributed by atoms with van der Waals surface area (Å²) in [6, 6.07) is -0.838. The van der Waals surface area contributed by atoms with Crippen LogP contribution in [0.25, 0.3) is 10.8 Å². The Morgan fingerprint density at radius 3 is 1.67 bits per heavy atom. The van der Waals surface area contributed by atoms with Crippen molar-refractivity contribution in [3.8, 4) is 0 Å². The lowest BCUT2D eigenvalue weighted by Crippen LogP contribution is -1.80. The van der Waals surface area contributed by atoms with E-state index in [0.29, 0.717) is 21.9 Å². The summed E-state index contributed by atoms with van der Waals surface area (Å²) < 4.78 is 46.7. The normalized spacial score (nSPS) is 17.5. The van der Waals surface area contributed by atoms with Crippen LogP contribution in [0, 0.1) is 13.8 Å². The number of hydrogen-bond donors (Lipinski definition) is 0. The van der Waals surface area contributed by atoms with Gasteiger partial charge in [0.15, 0.2) is 0 Å². The molecule has 0 aliphatic carbocycles. The van der Waals surface area contributed by atoms with Crippen molar-refractivity contribution in [1.82, 2.24) is 0 Å². The van der Waals surface area contributed by atoms with Gasteiger partial charge in [0, 0.05) is 0 Å². The van der Waals surface area contributed by atoms with Gasteiger partial charge in [-0.05, 0) is 35.7 Å². The van der Waals surface area contributed by atoms with Crippen LogP contribution in [-0.2, 0) is 0 Å². The summed E-state index contributed by atoms with van der Waals surface area (Å²) in [4.78, 5) is 0. The first kappa shape index (κ1) is 3.21. The molecule has 0 heterocycles. The predicted octanol–water partition coefficient (Wildman–Crippen LogP) is 3.46. The van der Waals surface area contributed by atoms with Gasteiger partial charge in [0.05, 0.1) is 8.22 Å². The molecule has 0 nitrogen and oxygen atoms in total. The van der Waals surface area contributed by atoms with Gasteiger partial charge in [-0.15, -0.1) is 0 Å². The Kier molecular flexibility index (Phi) is 0.705. The van der Waals surface area contributed by atoms with E-state index in [4.69, 9.17) is 8.22 Å². The largest absolute Gasteiger partial charge is 0.0629 e. The van der Waals surface area contributed by atoms with Crippen LogP contribution in [0.2, 0.25) is 0 Å². The van der Waals surface area contributed by atoms with Gasteiger partial charge < -0.3 is 0 Å². The lowest BCUT2D eigenvalue weighted by Gasteiger charge is -2.03. The van der Waals surface area contributed by atoms with Crippen LogP contribution >= 0.6 is 0 Å². The standard InChI is InChI=1S/C12H12/c1-9-5-3-8-12-10(2)6-4-7-11(9)12/h3-8H,1-2H3/i3D,4D,5D,6D,7D,8D. The molecule has 0 aliphatic heterocycles. The Labute approximate surface area is 81.3 Å². The van der Waals surface area contributed by atoms with Crippen molar-refractivity contribution in [2.24, 2.45) is 0 Å². The fourth-order valence-corrected chi connectivity index (χ4v) is 1.19. The summed E-state index contributed by atoms with van der Waals surface area (Å²) >= 11 is 0. The maximum absolute atomic E-state index is 7.90. The first-order chi connectivity index (χ1) is 8.29. The topological polar surface area (TPSA) is 0 Å². The van der Waals surface area contributed by atoms with E-state index < -0.39 is 0 Å². The highest BCUT2D eigenvalue weighted by molar-refractivity contribution is 5.88.